The molecular weight excluding hydrogens is 594 g/mol. The first-order chi connectivity index (χ1) is 22.1. The maximum atomic E-state index is 14.2. The SMILES string of the molecule is C/C(=C\[C@H](C(C)C)N(C)C(=O)[C@@H](NC(=O)[C@H]1CCCCN1C(C)C)C(C)(C)C)C(=O)N1CCC[C@H]1C(=O)N[C@@H](CO)c1ccccc1. The molecule has 0 radical (unpaired) electrons. The van der Waals surface area contributed by atoms with E-state index >= 15 is 0 Å². The fraction of sp³-hybridized carbons (Fsp3) is 0.676. The first-order valence-electron chi connectivity index (χ1n) is 17.4. The smallest absolute Gasteiger partial charge is 0.249 e. The van der Waals surface area contributed by atoms with Crippen molar-refractivity contribution in [2.75, 3.05) is 26.7 Å². The van der Waals surface area contributed by atoms with E-state index in [9.17, 15) is 24.3 Å². The third kappa shape index (κ3) is 9.66. The second-order valence-electron chi connectivity index (χ2n) is 15.0. The molecule has 2 saturated heterocycles. The molecule has 4 amide bonds. The van der Waals surface area contributed by atoms with Gasteiger partial charge in [-0.3, -0.25) is 24.1 Å². The van der Waals surface area contributed by atoms with Crippen LogP contribution in [0, 0.1) is 11.3 Å². The van der Waals surface area contributed by atoms with E-state index in [2.05, 4.69) is 29.4 Å². The maximum Gasteiger partial charge on any atom is 0.249 e. The number of carbonyl (C=O) groups is 4. The first-order valence-corrected chi connectivity index (χ1v) is 17.4. The van der Waals surface area contributed by atoms with Gasteiger partial charge in [-0.1, -0.05) is 77.4 Å². The van der Waals surface area contributed by atoms with Crippen LogP contribution < -0.4 is 10.6 Å². The molecule has 3 rings (SSSR count). The van der Waals surface area contributed by atoms with Crippen molar-refractivity contribution in [1.82, 2.24) is 25.3 Å². The minimum Gasteiger partial charge on any atom is -0.394 e. The van der Waals surface area contributed by atoms with E-state index in [1.165, 1.54) is 0 Å². The molecule has 5 atom stereocenters. The molecule has 0 unspecified atom stereocenters. The van der Waals surface area contributed by atoms with Gasteiger partial charge in [-0.25, -0.2) is 0 Å². The zero-order valence-electron chi connectivity index (χ0n) is 30.1. The Labute approximate surface area is 282 Å². The Morgan fingerprint density at radius 2 is 1.55 bits per heavy atom. The number of benzene rings is 1. The second-order valence-corrected chi connectivity index (χ2v) is 15.0. The highest BCUT2D eigenvalue weighted by molar-refractivity contribution is 5.97. The van der Waals surface area contributed by atoms with Gasteiger partial charge in [-0.2, -0.15) is 0 Å². The summed E-state index contributed by atoms with van der Waals surface area (Å²) in [6.45, 7) is 16.9. The molecule has 10 heteroatoms. The summed E-state index contributed by atoms with van der Waals surface area (Å²) in [7, 11) is 1.73. The summed E-state index contributed by atoms with van der Waals surface area (Å²) in [5, 5.41) is 16.0. The Kier molecular flexibility index (Phi) is 13.6. The average Bonchev–Trinajstić information content (AvgIpc) is 3.53. The molecule has 0 saturated carbocycles. The highest BCUT2D eigenvalue weighted by atomic mass is 16.3. The number of hydrogen-bond donors (Lipinski definition) is 3. The van der Waals surface area contributed by atoms with Crippen molar-refractivity contribution >= 4 is 23.6 Å². The monoisotopic (exact) mass is 653 g/mol. The van der Waals surface area contributed by atoms with Crippen molar-refractivity contribution in [2.45, 2.75) is 124 Å². The summed E-state index contributed by atoms with van der Waals surface area (Å²) < 4.78 is 0. The van der Waals surface area contributed by atoms with Crippen LogP contribution in [0.25, 0.3) is 0 Å². The van der Waals surface area contributed by atoms with Gasteiger partial charge in [0.2, 0.25) is 23.6 Å². The zero-order chi connectivity index (χ0) is 35.1. The molecule has 0 aromatic heterocycles. The Morgan fingerprint density at radius 3 is 2.13 bits per heavy atom. The minimum absolute atomic E-state index is 0.0216. The Hall–Kier alpha value is -3.24. The molecule has 2 heterocycles. The number of piperidine rings is 1. The molecule has 47 heavy (non-hydrogen) atoms. The number of carbonyl (C=O) groups excluding carboxylic acids is 4. The van der Waals surface area contributed by atoms with Crippen LogP contribution in [-0.4, -0.2) is 100 Å². The van der Waals surface area contributed by atoms with Gasteiger partial charge in [-0.15, -0.1) is 0 Å². The lowest BCUT2D eigenvalue weighted by Gasteiger charge is -2.41. The average molecular weight is 654 g/mol. The van der Waals surface area contributed by atoms with Crippen LogP contribution in [0.4, 0.5) is 0 Å². The molecular formula is C37H59N5O5. The van der Waals surface area contributed by atoms with Crippen LogP contribution in [0.15, 0.2) is 42.0 Å². The normalized spacial score (nSPS) is 21.4. The van der Waals surface area contributed by atoms with Crippen LogP contribution in [-0.2, 0) is 19.2 Å². The van der Waals surface area contributed by atoms with Crippen molar-refractivity contribution in [3.63, 3.8) is 0 Å². The zero-order valence-corrected chi connectivity index (χ0v) is 30.1. The summed E-state index contributed by atoms with van der Waals surface area (Å²) >= 11 is 0. The van der Waals surface area contributed by atoms with Gasteiger partial charge < -0.3 is 25.5 Å². The molecule has 0 bridgehead atoms. The number of rotatable bonds is 12. The van der Waals surface area contributed by atoms with Crippen LogP contribution in [0.2, 0.25) is 0 Å². The largest absolute Gasteiger partial charge is 0.394 e. The van der Waals surface area contributed by atoms with E-state index < -0.39 is 29.6 Å². The predicted octanol–water partition coefficient (Wildman–Crippen LogP) is 4.05. The van der Waals surface area contributed by atoms with E-state index in [1.54, 1.807) is 23.8 Å². The van der Waals surface area contributed by atoms with E-state index in [1.807, 2.05) is 71.0 Å². The lowest BCUT2D eigenvalue weighted by atomic mass is 9.84. The van der Waals surface area contributed by atoms with Gasteiger partial charge in [0.1, 0.15) is 12.1 Å². The van der Waals surface area contributed by atoms with E-state index in [0.717, 1.165) is 31.4 Å². The van der Waals surface area contributed by atoms with Crippen LogP contribution in [0.1, 0.15) is 99.1 Å². The van der Waals surface area contributed by atoms with Gasteiger partial charge in [-0.05, 0) is 69.9 Å². The highest BCUT2D eigenvalue weighted by Gasteiger charge is 2.40. The summed E-state index contributed by atoms with van der Waals surface area (Å²) in [6.07, 6.45) is 5.87. The number of aliphatic hydroxyl groups is 1. The van der Waals surface area contributed by atoms with Crippen molar-refractivity contribution < 1.29 is 24.3 Å². The minimum atomic E-state index is -0.752. The molecule has 10 nitrogen and oxygen atoms in total. The van der Waals surface area contributed by atoms with Crippen LogP contribution in [0.5, 0.6) is 0 Å². The lowest BCUT2D eigenvalue weighted by molar-refractivity contribution is -0.142. The summed E-state index contributed by atoms with van der Waals surface area (Å²) in [5.41, 5.74) is 0.705. The van der Waals surface area contributed by atoms with Gasteiger partial charge in [0.25, 0.3) is 0 Å². The molecule has 0 spiro atoms. The maximum absolute atomic E-state index is 14.2. The molecule has 2 aliphatic heterocycles. The van der Waals surface area contributed by atoms with Crippen molar-refractivity contribution in [3.8, 4) is 0 Å². The number of amides is 4. The van der Waals surface area contributed by atoms with Crippen molar-refractivity contribution in [1.29, 1.82) is 0 Å². The third-order valence-electron chi connectivity index (χ3n) is 9.66. The molecule has 1 aromatic carbocycles. The van der Waals surface area contributed by atoms with Gasteiger partial charge in [0, 0.05) is 25.2 Å². The number of likely N-dealkylation sites (N-methyl/N-ethyl adjacent to an activating group) is 1. The summed E-state index contributed by atoms with van der Waals surface area (Å²) in [4.78, 5) is 60.4. The van der Waals surface area contributed by atoms with Crippen molar-refractivity contribution in [3.05, 3.63) is 47.5 Å². The molecule has 3 N–H and O–H groups in total. The molecule has 2 fully saturated rings. The van der Waals surface area contributed by atoms with Crippen LogP contribution >= 0.6 is 0 Å². The fourth-order valence-electron chi connectivity index (χ4n) is 6.87. The van der Waals surface area contributed by atoms with E-state index in [4.69, 9.17) is 0 Å². The predicted molar refractivity (Wildman–Crippen MR) is 185 cm³/mol. The standard InChI is InChI=1S/C37H59N5O5/c1-24(2)31(40(9)36(47)32(37(6,7)8)39-34(45)29-18-13-14-20-41(29)25(3)4)22-26(5)35(46)42-21-15-19-30(42)33(44)38-28(23-43)27-16-11-10-12-17-27/h10-12,16-17,22,24-25,28-32,43H,13-15,18-21,23H2,1-9H3,(H,38,44)(H,39,45)/b26-22+/t28-,29+,30-,31+,32+/m0/s1. The fourth-order valence-corrected chi connectivity index (χ4v) is 6.87. The number of hydrogen-bond acceptors (Lipinski definition) is 6. The van der Waals surface area contributed by atoms with E-state index in [0.29, 0.717) is 25.0 Å². The van der Waals surface area contributed by atoms with Crippen molar-refractivity contribution in [2.24, 2.45) is 11.3 Å². The van der Waals surface area contributed by atoms with Gasteiger partial charge in [0.05, 0.1) is 24.7 Å². The van der Waals surface area contributed by atoms with Gasteiger partial charge >= 0.3 is 0 Å². The Balaban J connectivity index is 1.77. The summed E-state index contributed by atoms with van der Waals surface area (Å²) in [5.74, 6) is -0.885. The number of likely N-dealkylation sites (tertiary alicyclic amines) is 2. The molecule has 0 aliphatic carbocycles. The number of aliphatic hydroxyl groups excluding tert-OH is 1. The van der Waals surface area contributed by atoms with Crippen LogP contribution in [0.3, 0.4) is 0 Å². The molecule has 262 valence electrons. The number of nitrogens with zero attached hydrogens (tertiary/aromatic N) is 3. The Bertz CT molecular complexity index is 1260. The summed E-state index contributed by atoms with van der Waals surface area (Å²) in [6, 6.07) is 6.86. The quantitative estimate of drug-likeness (QED) is 0.293. The number of nitrogens with one attached hydrogen (secondary N) is 2. The second kappa shape index (κ2) is 16.7. The molecule has 1 aromatic rings. The third-order valence-corrected chi connectivity index (χ3v) is 9.66. The molecule has 2 aliphatic rings. The Morgan fingerprint density at radius 1 is 0.936 bits per heavy atom. The highest BCUT2D eigenvalue weighted by Crippen LogP contribution is 2.27. The van der Waals surface area contributed by atoms with Gasteiger partial charge in [0.15, 0.2) is 0 Å². The topological polar surface area (TPSA) is 122 Å². The lowest BCUT2D eigenvalue weighted by Crippen LogP contribution is -2.60. The van der Waals surface area contributed by atoms with E-state index in [-0.39, 0.29) is 48.2 Å². The first kappa shape index (κ1) is 38.2.